The van der Waals surface area contributed by atoms with E-state index >= 15 is 0 Å². The van der Waals surface area contributed by atoms with Crippen LogP contribution in [0.4, 0.5) is 11.4 Å². The fourth-order valence-corrected chi connectivity index (χ4v) is 2.57. The summed E-state index contributed by atoms with van der Waals surface area (Å²) in [6, 6.07) is 13.7. The third-order valence-electron chi connectivity index (χ3n) is 3.87. The highest BCUT2D eigenvalue weighted by Gasteiger charge is 2.07. The highest BCUT2D eigenvalue weighted by Crippen LogP contribution is 2.18. The molecular formula is C19H21N3O2. The first-order chi connectivity index (χ1) is 11.5. The van der Waals surface area contributed by atoms with E-state index in [9.17, 15) is 4.79 Å². The summed E-state index contributed by atoms with van der Waals surface area (Å²) in [6.07, 6.45) is 1.10. The van der Waals surface area contributed by atoms with Gasteiger partial charge < -0.3 is 14.6 Å². The van der Waals surface area contributed by atoms with E-state index in [1.54, 1.807) is 0 Å². The van der Waals surface area contributed by atoms with Crippen LogP contribution < -0.4 is 10.2 Å². The fraction of sp³-hybridized carbons (Fsp3) is 0.263. The Labute approximate surface area is 141 Å². The predicted octanol–water partition coefficient (Wildman–Crippen LogP) is 3.77. The second-order valence-electron chi connectivity index (χ2n) is 6.02. The highest BCUT2D eigenvalue weighted by molar-refractivity contribution is 5.91. The quantitative estimate of drug-likeness (QED) is 0.776. The molecule has 0 unspecified atom stereocenters. The van der Waals surface area contributed by atoms with Crippen molar-refractivity contribution in [2.24, 2.45) is 0 Å². The molecule has 0 aliphatic heterocycles. The lowest BCUT2D eigenvalue weighted by molar-refractivity contribution is -0.116. The smallest absolute Gasteiger partial charge is 0.224 e. The van der Waals surface area contributed by atoms with Crippen LogP contribution in [0.5, 0.6) is 0 Å². The molecule has 1 aromatic heterocycles. The Kier molecular flexibility index (Phi) is 4.51. The third kappa shape index (κ3) is 3.74. The molecule has 24 heavy (non-hydrogen) atoms. The Hall–Kier alpha value is -2.82. The zero-order chi connectivity index (χ0) is 17.1. The SMILES string of the molecule is Cc1nc2cc(CCC(=O)Nc3ccc(N(C)C)cc3)ccc2o1. The molecule has 1 N–H and O–H groups in total. The summed E-state index contributed by atoms with van der Waals surface area (Å²) in [7, 11) is 3.97. The van der Waals surface area contributed by atoms with Gasteiger partial charge in [-0.2, -0.15) is 0 Å². The van der Waals surface area contributed by atoms with Gasteiger partial charge in [0.05, 0.1) is 0 Å². The van der Waals surface area contributed by atoms with E-state index < -0.39 is 0 Å². The molecule has 0 saturated heterocycles. The van der Waals surface area contributed by atoms with Crippen molar-refractivity contribution in [2.45, 2.75) is 19.8 Å². The number of amides is 1. The van der Waals surface area contributed by atoms with E-state index in [4.69, 9.17) is 4.42 Å². The van der Waals surface area contributed by atoms with E-state index in [-0.39, 0.29) is 5.91 Å². The number of hydrogen-bond acceptors (Lipinski definition) is 4. The van der Waals surface area contributed by atoms with Crippen LogP contribution in [0.25, 0.3) is 11.1 Å². The largest absolute Gasteiger partial charge is 0.441 e. The van der Waals surface area contributed by atoms with Crippen LogP contribution in [-0.2, 0) is 11.2 Å². The minimum Gasteiger partial charge on any atom is -0.441 e. The third-order valence-corrected chi connectivity index (χ3v) is 3.87. The van der Waals surface area contributed by atoms with Gasteiger partial charge in [-0.25, -0.2) is 4.98 Å². The minimum absolute atomic E-state index is 0.00373. The monoisotopic (exact) mass is 323 g/mol. The van der Waals surface area contributed by atoms with Gasteiger partial charge in [0.25, 0.3) is 0 Å². The van der Waals surface area contributed by atoms with Gasteiger partial charge in [-0.1, -0.05) is 6.07 Å². The molecule has 3 rings (SSSR count). The molecule has 0 fully saturated rings. The van der Waals surface area contributed by atoms with Crippen molar-refractivity contribution in [3.05, 3.63) is 53.9 Å². The first-order valence-electron chi connectivity index (χ1n) is 7.94. The molecule has 0 aliphatic rings. The number of nitrogens with zero attached hydrogens (tertiary/aromatic N) is 2. The van der Waals surface area contributed by atoms with Crippen molar-refractivity contribution in [1.82, 2.24) is 4.98 Å². The number of hydrogen-bond donors (Lipinski definition) is 1. The zero-order valence-corrected chi connectivity index (χ0v) is 14.2. The number of nitrogens with one attached hydrogen (secondary N) is 1. The molecule has 1 heterocycles. The standard InChI is InChI=1S/C19H21N3O2/c1-13-20-17-12-14(4-10-18(17)24-13)5-11-19(23)21-15-6-8-16(9-7-15)22(2)3/h4,6-10,12H,5,11H2,1-3H3,(H,21,23). The Bertz CT molecular complexity index is 851. The number of aryl methyl sites for hydroxylation is 2. The summed E-state index contributed by atoms with van der Waals surface area (Å²) in [6.45, 7) is 1.83. The van der Waals surface area contributed by atoms with E-state index in [0.717, 1.165) is 28.0 Å². The van der Waals surface area contributed by atoms with Crippen molar-refractivity contribution in [1.29, 1.82) is 0 Å². The molecule has 5 heteroatoms. The summed E-state index contributed by atoms with van der Waals surface area (Å²) in [5.41, 5.74) is 4.61. The number of carbonyl (C=O) groups is 1. The second-order valence-corrected chi connectivity index (χ2v) is 6.02. The maximum absolute atomic E-state index is 12.1. The van der Waals surface area contributed by atoms with Crippen molar-refractivity contribution in [2.75, 3.05) is 24.3 Å². The molecule has 5 nitrogen and oxygen atoms in total. The van der Waals surface area contributed by atoms with Gasteiger partial charge in [0.2, 0.25) is 5.91 Å². The Morgan fingerprint density at radius 1 is 1.17 bits per heavy atom. The van der Waals surface area contributed by atoms with E-state index in [1.165, 1.54) is 0 Å². The highest BCUT2D eigenvalue weighted by atomic mass is 16.3. The van der Waals surface area contributed by atoms with E-state index in [2.05, 4.69) is 10.3 Å². The molecule has 0 aliphatic carbocycles. The molecule has 0 radical (unpaired) electrons. The summed E-state index contributed by atoms with van der Waals surface area (Å²) in [5.74, 6) is 0.657. The fourth-order valence-electron chi connectivity index (χ4n) is 2.57. The molecule has 2 aromatic carbocycles. The van der Waals surface area contributed by atoms with E-state index in [1.807, 2.05) is 68.4 Å². The lowest BCUT2D eigenvalue weighted by Gasteiger charge is -2.13. The normalized spacial score (nSPS) is 10.8. The van der Waals surface area contributed by atoms with Crippen LogP contribution >= 0.6 is 0 Å². The van der Waals surface area contributed by atoms with Gasteiger partial charge in [-0.05, 0) is 48.4 Å². The first-order valence-corrected chi connectivity index (χ1v) is 7.94. The lowest BCUT2D eigenvalue weighted by Crippen LogP contribution is -2.13. The number of rotatable bonds is 5. The van der Waals surface area contributed by atoms with Crippen LogP contribution in [0, 0.1) is 6.92 Å². The van der Waals surface area contributed by atoms with Crippen molar-refractivity contribution >= 4 is 28.4 Å². The lowest BCUT2D eigenvalue weighted by atomic mass is 10.1. The molecule has 124 valence electrons. The summed E-state index contributed by atoms with van der Waals surface area (Å²) >= 11 is 0. The summed E-state index contributed by atoms with van der Waals surface area (Å²) < 4.78 is 5.46. The molecule has 0 spiro atoms. The number of benzene rings is 2. The average Bonchev–Trinajstić information content (AvgIpc) is 2.92. The van der Waals surface area contributed by atoms with Gasteiger partial charge in [0.15, 0.2) is 11.5 Å². The molecule has 0 atom stereocenters. The maximum Gasteiger partial charge on any atom is 0.224 e. The van der Waals surface area contributed by atoms with Gasteiger partial charge in [-0.15, -0.1) is 0 Å². The zero-order valence-electron chi connectivity index (χ0n) is 14.2. The number of anilines is 2. The van der Waals surface area contributed by atoms with Gasteiger partial charge in [-0.3, -0.25) is 4.79 Å². The van der Waals surface area contributed by atoms with Crippen LogP contribution in [0.15, 0.2) is 46.9 Å². The average molecular weight is 323 g/mol. The summed E-state index contributed by atoms with van der Waals surface area (Å²) in [4.78, 5) is 18.5. The van der Waals surface area contributed by atoms with Crippen LogP contribution in [0.1, 0.15) is 17.9 Å². The van der Waals surface area contributed by atoms with Crippen molar-refractivity contribution in [3.63, 3.8) is 0 Å². The first kappa shape index (κ1) is 16.1. The van der Waals surface area contributed by atoms with Crippen LogP contribution in [0.3, 0.4) is 0 Å². The topological polar surface area (TPSA) is 58.4 Å². The summed E-state index contributed by atoms with van der Waals surface area (Å²) in [5, 5.41) is 2.93. The second kappa shape index (κ2) is 6.74. The van der Waals surface area contributed by atoms with Crippen LogP contribution in [-0.4, -0.2) is 25.0 Å². The van der Waals surface area contributed by atoms with Gasteiger partial charge in [0, 0.05) is 38.8 Å². The molecule has 0 saturated carbocycles. The maximum atomic E-state index is 12.1. The minimum atomic E-state index is 0.00373. The van der Waals surface area contributed by atoms with Crippen molar-refractivity contribution < 1.29 is 9.21 Å². The molecule has 0 bridgehead atoms. The van der Waals surface area contributed by atoms with Gasteiger partial charge >= 0.3 is 0 Å². The number of fused-ring (bicyclic) bond motifs is 1. The number of carbonyl (C=O) groups excluding carboxylic acids is 1. The molecular weight excluding hydrogens is 302 g/mol. The van der Waals surface area contributed by atoms with Gasteiger partial charge in [0.1, 0.15) is 5.52 Å². The predicted molar refractivity (Wildman–Crippen MR) is 96.5 cm³/mol. The molecule has 3 aromatic rings. The van der Waals surface area contributed by atoms with Crippen LogP contribution in [0.2, 0.25) is 0 Å². The molecule has 1 amide bonds. The van der Waals surface area contributed by atoms with E-state index in [0.29, 0.717) is 18.7 Å². The Balaban J connectivity index is 1.57. The number of aromatic nitrogens is 1. The van der Waals surface area contributed by atoms with Crippen molar-refractivity contribution in [3.8, 4) is 0 Å². The number of oxazole rings is 1. The Morgan fingerprint density at radius 3 is 2.62 bits per heavy atom. The Morgan fingerprint density at radius 2 is 1.92 bits per heavy atom.